The van der Waals surface area contributed by atoms with Crippen molar-refractivity contribution in [3.63, 3.8) is 0 Å². The number of hydrogen-bond acceptors (Lipinski definition) is 5. The summed E-state index contributed by atoms with van der Waals surface area (Å²) in [5, 5.41) is 3.24. The highest BCUT2D eigenvalue weighted by molar-refractivity contribution is 8.18. The molecule has 0 atom stereocenters. The molecule has 2 aromatic rings. The van der Waals surface area contributed by atoms with Gasteiger partial charge >= 0.3 is 12.4 Å². The Bertz CT molecular complexity index is 963. The van der Waals surface area contributed by atoms with Crippen molar-refractivity contribution in [3.8, 4) is 11.4 Å². The zero-order chi connectivity index (χ0) is 20.9. The number of halogens is 6. The Balaban J connectivity index is 2.01. The number of alkyl halides is 6. The number of hydrogen-bond donors (Lipinski definition) is 0. The molecule has 3 rings (SSSR count). The highest BCUT2D eigenvalue weighted by atomic mass is 32.2. The minimum atomic E-state index is -5.00. The lowest BCUT2D eigenvalue weighted by Gasteiger charge is -2.13. The normalized spacial score (nSPS) is 17.1. The third-order valence-corrected chi connectivity index (χ3v) is 4.54. The average molecular weight is 422 g/mol. The van der Waals surface area contributed by atoms with Crippen molar-refractivity contribution in [2.24, 2.45) is 0 Å². The number of carbonyl (C=O) groups is 2. The molecule has 28 heavy (non-hydrogen) atoms. The van der Waals surface area contributed by atoms with E-state index >= 15 is 0 Å². The van der Waals surface area contributed by atoms with Crippen LogP contribution in [0.25, 0.3) is 17.6 Å². The first-order valence-corrected chi connectivity index (χ1v) is 8.10. The van der Waals surface area contributed by atoms with Crippen molar-refractivity contribution in [1.29, 1.82) is 0 Å². The van der Waals surface area contributed by atoms with E-state index < -0.39 is 46.0 Å². The molecular weight excluding hydrogens is 414 g/mol. The molecule has 2 heterocycles. The van der Waals surface area contributed by atoms with E-state index in [4.69, 9.17) is 0 Å². The number of likely N-dealkylation sites (N-methyl/N-ethyl adjacent to an activating group) is 1. The average Bonchev–Trinajstić information content (AvgIpc) is 3.14. The highest BCUT2D eigenvalue weighted by Gasteiger charge is 2.37. The summed E-state index contributed by atoms with van der Waals surface area (Å²) in [4.78, 5) is 27.8. The van der Waals surface area contributed by atoms with Gasteiger partial charge in [0.05, 0.1) is 17.3 Å². The minimum absolute atomic E-state index is 0.00223. The van der Waals surface area contributed by atoms with Crippen LogP contribution in [0.3, 0.4) is 0 Å². The van der Waals surface area contributed by atoms with Crippen LogP contribution in [0.1, 0.15) is 11.1 Å². The summed E-state index contributed by atoms with van der Waals surface area (Å²) in [5.74, 6) is -1.03. The summed E-state index contributed by atoms with van der Waals surface area (Å²) in [6, 6.07) is 0.988. The van der Waals surface area contributed by atoms with Crippen LogP contribution < -0.4 is 0 Å². The molecular formula is C15H8F6N4O2S. The molecule has 2 amide bonds. The summed E-state index contributed by atoms with van der Waals surface area (Å²) in [5.41, 5.74) is -3.50. The number of imide groups is 1. The molecule has 0 aliphatic carbocycles. The number of thioether (sulfide) groups is 1. The molecule has 148 valence electrons. The molecule has 0 spiro atoms. The van der Waals surface area contributed by atoms with Crippen molar-refractivity contribution in [1.82, 2.24) is 19.7 Å². The van der Waals surface area contributed by atoms with E-state index in [9.17, 15) is 35.9 Å². The van der Waals surface area contributed by atoms with Crippen molar-refractivity contribution >= 4 is 29.1 Å². The third-order valence-electron chi connectivity index (χ3n) is 3.59. The zero-order valence-electron chi connectivity index (χ0n) is 13.7. The van der Waals surface area contributed by atoms with Crippen LogP contribution >= 0.6 is 11.8 Å². The highest BCUT2D eigenvalue weighted by Crippen LogP contribution is 2.38. The fourth-order valence-corrected chi connectivity index (χ4v) is 3.00. The fourth-order valence-electron chi connectivity index (χ4n) is 2.21. The van der Waals surface area contributed by atoms with E-state index in [1.165, 1.54) is 7.05 Å². The van der Waals surface area contributed by atoms with Gasteiger partial charge < -0.3 is 0 Å². The lowest BCUT2D eigenvalue weighted by molar-refractivity contribution is -0.143. The molecule has 0 unspecified atom stereocenters. The van der Waals surface area contributed by atoms with Gasteiger partial charge in [0.15, 0.2) is 5.82 Å². The van der Waals surface area contributed by atoms with Crippen LogP contribution in [0, 0.1) is 0 Å². The lowest BCUT2D eigenvalue weighted by Crippen LogP contribution is -2.22. The maximum atomic E-state index is 12.9. The van der Waals surface area contributed by atoms with Crippen molar-refractivity contribution in [3.05, 3.63) is 40.6 Å². The Morgan fingerprint density at radius 1 is 1.00 bits per heavy atom. The third kappa shape index (κ3) is 3.88. The van der Waals surface area contributed by atoms with Gasteiger partial charge in [0.2, 0.25) is 0 Å². The quantitative estimate of drug-likeness (QED) is 0.538. The van der Waals surface area contributed by atoms with Crippen LogP contribution in [-0.2, 0) is 17.1 Å². The first-order chi connectivity index (χ1) is 12.9. The summed E-state index contributed by atoms with van der Waals surface area (Å²) in [6.45, 7) is 0. The lowest BCUT2D eigenvalue weighted by atomic mass is 10.0. The van der Waals surface area contributed by atoms with Crippen LogP contribution in [0.2, 0.25) is 0 Å². The summed E-state index contributed by atoms with van der Waals surface area (Å²) >= 11 is 0.606. The summed E-state index contributed by atoms with van der Waals surface area (Å²) in [6.07, 6.45) is -7.91. The number of benzene rings is 1. The second-order valence-electron chi connectivity index (χ2n) is 5.57. The molecule has 6 nitrogen and oxygen atoms in total. The second kappa shape index (κ2) is 6.65. The molecule has 1 aliphatic rings. The Morgan fingerprint density at radius 2 is 1.57 bits per heavy atom. The first-order valence-electron chi connectivity index (χ1n) is 7.29. The van der Waals surface area contributed by atoms with Gasteiger partial charge in [-0.05, 0) is 30.0 Å². The van der Waals surface area contributed by atoms with E-state index in [2.05, 4.69) is 10.1 Å². The minimum Gasteiger partial charge on any atom is -0.272 e. The molecule has 1 fully saturated rings. The maximum absolute atomic E-state index is 12.9. The van der Waals surface area contributed by atoms with Crippen molar-refractivity contribution in [2.45, 2.75) is 12.4 Å². The van der Waals surface area contributed by atoms with Crippen molar-refractivity contribution < 1.29 is 35.9 Å². The Hall–Kier alpha value is -2.83. The van der Waals surface area contributed by atoms with Gasteiger partial charge in [-0.25, -0.2) is 9.67 Å². The molecule has 0 bridgehead atoms. The van der Waals surface area contributed by atoms with Gasteiger partial charge in [0.25, 0.3) is 11.1 Å². The topological polar surface area (TPSA) is 68.1 Å². The Labute approximate surface area is 156 Å². The number of aromatic nitrogens is 3. The van der Waals surface area contributed by atoms with Crippen LogP contribution in [0.5, 0.6) is 0 Å². The van der Waals surface area contributed by atoms with E-state index in [1.54, 1.807) is 0 Å². The van der Waals surface area contributed by atoms with Gasteiger partial charge in [-0.15, -0.1) is 5.10 Å². The van der Waals surface area contributed by atoms with Gasteiger partial charge in [0, 0.05) is 12.6 Å². The second-order valence-corrected chi connectivity index (χ2v) is 6.56. The standard InChI is InChI=1S/C15H8F6N4O2S/c1-24-12(26)10(28-13(24)27)5-25-6-22-11(23-25)7-2-8(14(16,17)18)4-9(3-7)15(19,20)21/h2-6H,1H3/b10-5-. The maximum Gasteiger partial charge on any atom is 0.416 e. The van der Waals surface area contributed by atoms with E-state index in [1.807, 2.05) is 0 Å². The number of carbonyl (C=O) groups excluding carboxylic acids is 2. The van der Waals surface area contributed by atoms with E-state index in [0.29, 0.717) is 23.9 Å². The predicted molar refractivity (Wildman–Crippen MR) is 85.5 cm³/mol. The van der Waals surface area contributed by atoms with E-state index in [0.717, 1.165) is 22.1 Å². The molecule has 1 aromatic heterocycles. The number of amides is 2. The van der Waals surface area contributed by atoms with Crippen LogP contribution in [-0.4, -0.2) is 37.9 Å². The molecule has 1 aromatic carbocycles. The van der Waals surface area contributed by atoms with Crippen LogP contribution in [0.15, 0.2) is 29.4 Å². The SMILES string of the molecule is CN1C(=O)S/C(=C\n2cnc(-c3cc(C(F)(F)F)cc(C(F)(F)F)c3)n2)C1=O. The monoisotopic (exact) mass is 422 g/mol. The summed E-state index contributed by atoms with van der Waals surface area (Å²) < 4.78 is 78.6. The number of rotatable bonds is 2. The predicted octanol–water partition coefficient (Wildman–Crippen LogP) is 4.11. The fraction of sp³-hybridized carbons (Fsp3) is 0.200. The Morgan fingerprint density at radius 3 is 2.04 bits per heavy atom. The summed E-state index contributed by atoms with van der Waals surface area (Å²) in [7, 11) is 1.26. The smallest absolute Gasteiger partial charge is 0.272 e. The van der Waals surface area contributed by atoms with Crippen molar-refractivity contribution in [2.75, 3.05) is 7.05 Å². The van der Waals surface area contributed by atoms with Gasteiger partial charge in [-0.3, -0.25) is 14.5 Å². The molecule has 1 aliphatic heterocycles. The van der Waals surface area contributed by atoms with E-state index in [-0.39, 0.29) is 11.0 Å². The molecule has 0 saturated carbocycles. The first kappa shape index (κ1) is 19.9. The van der Waals surface area contributed by atoms with Gasteiger partial charge in [-0.1, -0.05) is 0 Å². The largest absolute Gasteiger partial charge is 0.416 e. The molecule has 0 radical (unpaired) electrons. The molecule has 0 N–H and O–H groups in total. The number of nitrogens with zero attached hydrogens (tertiary/aromatic N) is 4. The zero-order valence-corrected chi connectivity index (χ0v) is 14.5. The molecule has 1 saturated heterocycles. The molecule has 13 heteroatoms. The Kier molecular flexibility index (Phi) is 4.73. The van der Waals surface area contributed by atoms with Crippen LogP contribution in [0.4, 0.5) is 31.1 Å². The van der Waals surface area contributed by atoms with Gasteiger partial charge in [0.1, 0.15) is 11.2 Å². The van der Waals surface area contributed by atoms with Gasteiger partial charge in [-0.2, -0.15) is 26.3 Å².